The lowest BCUT2D eigenvalue weighted by Crippen LogP contribution is -2.14. The van der Waals surface area contributed by atoms with Gasteiger partial charge in [0.25, 0.3) is 5.91 Å². The zero-order valence-corrected chi connectivity index (χ0v) is 14.5. The lowest BCUT2D eigenvalue weighted by molar-refractivity contribution is -0.112. The lowest BCUT2D eigenvalue weighted by Gasteiger charge is -2.11. The number of benzene rings is 2. The van der Waals surface area contributed by atoms with Gasteiger partial charge in [-0.05, 0) is 44.2 Å². The van der Waals surface area contributed by atoms with Crippen molar-refractivity contribution in [2.45, 2.75) is 20.0 Å². The predicted molar refractivity (Wildman–Crippen MR) is 95.8 cm³/mol. The van der Waals surface area contributed by atoms with Crippen molar-refractivity contribution in [3.63, 3.8) is 0 Å². The smallest absolute Gasteiger partial charge is 0.266 e. The summed E-state index contributed by atoms with van der Waals surface area (Å²) in [6, 6.07) is 12.7. The normalized spacial score (nSPS) is 11.1. The van der Waals surface area contributed by atoms with Gasteiger partial charge in [-0.25, -0.2) is 4.39 Å². The van der Waals surface area contributed by atoms with E-state index >= 15 is 0 Å². The number of carbonyl (C=O) groups is 1. The molecular weight excluding hydrogens is 343 g/mol. The van der Waals surface area contributed by atoms with E-state index in [1.54, 1.807) is 30.3 Å². The van der Waals surface area contributed by atoms with Gasteiger partial charge >= 0.3 is 0 Å². The van der Waals surface area contributed by atoms with Crippen LogP contribution in [0, 0.1) is 17.1 Å². The van der Waals surface area contributed by atoms with E-state index in [9.17, 15) is 14.4 Å². The average molecular weight is 359 g/mol. The second kappa shape index (κ2) is 8.32. The molecule has 0 fully saturated rings. The number of carbonyl (C=O) groups excluding carboxylic acids is 1. The van der Waals surface area contributed by atoms with Gasteiger partial charge in [0.1, 0.15) is 23.2 Å². The van der Waals surface area contributed by atoms with Crippen LogP contribution in [-0.4, -0.2) is 12.0 Å². The highest BCUT2D eigenvalue weighted by molar-refractivity contribution is 6.32. The molecular formula is C19H16ClFN2O2. The maximum absolute atomic E-state index is 13.8. The van der Waals surface area contributed by atoms with Gasteiger partial charge in [-0.15, -0.1) is 0 Å². The van der Waals surface area contributed by atoms with E-state index in [-0.39, 0.29) is 22.3 Å². The Morgan fingerprint density at radius 1 is 1.32 bits per heavy atom. The monoisotopic (exact) mass is 358 g/mol. The van der Waals surface area contributed by atoms with E-state index in [1.807, 2.05) is 13.8 Å². The summed E-state index contributed by atoms with van der Waals surface area (Å²) in [6.07, 6.45) is 1.12. The number of hydrogen-bond donors (Lipinski definition) is 1. The van der Waals surface area contributed by atoms with Crippen molar-refractivity contribution >= 4 is 29.3 Å². The number of ether oxygens (including phenoxy) is 1. The van der Waals surface area contributed by atoms with Gasteiger partial charge in [-0.2, -0.15) is 5.26 Å². The van der Waals surface area contributed by atoms with Crippen molar-refractivity contribution in [2.75, 3.05) is 5.32 Å². The highest BCUT2D eigenvalue weighted by Gasteiger charge is 2.13. The van der Waals surface area contributed by atoms with Gasteiger partial charge in [0.15, 0.2) is 0 Å². The molecule has 0 spiro atoms. The van der Waals surface area contributed by atoms with E-state index in [2.05, 4.69) is 5.32 Å². The van der Waals surface area contributed by atoms with Crippen LogP contribution in [-0.2, 0) is 4.79 Å². The molecule has 2 aromatic rings. The third kappa shape index (κ3) is 5.07. The van der Waals surface area contributed by atoms with Gasteiger partial charge in [0.05, 0.1) is 11.1 Å². The highest BCUT2D eigenvalue weighted by Crippen LogP contribution is 2.23. The molecule has 2 rings (SSSR count). The Morgan fingerprint density at radius 2 is 2.04 bits per heavy atom. The number of nitrogens with zero attached hydrogens (tertiary/aromatic N) is 1. The molecule has 0 bridgehead atoms. The van der Waals surface area contributed by atoms with Gasteiger partial charge < -0.3 is 10.1 Å². The van der Waals surface area contributed by atoms with Crippen LogP contribution in [0.3, 0.4) is 0 Å². The van der Waals surface area contributed by atoms with E-state index < -0.39 is 11.7 Å². The lowest BCUT2D eigenvalue weighted by atomic mass is 10.1. The SMILES string of the molecule is CC(C)Oc1cccc(NC(=O)/C(C#N)=C\c2c(F)cccc2Cl)c1. The number of anilines is 1. The van der Waals surface area contributed by atoms with Crippen LogP contribution >= 0.6 is 11.6 Å². The Balaban J connectivity index is 2.24. The summed E-state index contributed by atoms with van der Waals surface area (Å²) in [6.45, 7) is 3.78. The number of nitrogens with one attached hydrogen (secondary N) is 1. The number of halogens is 2. The van der Waals surface area contributed by atoms with Gasteiger partial charge in [0, 0.05) is 17.3 Å². The first kappa shape index (κ1) is 18.5. The Kier molecular flexibility index (Phi) is 6.15. The van der Waals surface area contributed by atoms with Crippen LogP contribution in [0.2, 0.25) is 5.02 Å². The third-order valence-corrected chi connectivity index (χ3v) is 3.45. The summed E-state index contributed by atoms with van der Waals surface area (Å²) in [5, 5.41) is 11.9. The highest BCUT2D eigenvalue weighted by atomic mass is 35.5. The molecule has 0 radical (unpaired) electrons. The molecule has 1 N–H and O–H groups in total. The summed E-state index contributed by atoms with van der Waals surface area (Å²) in [5.74, 6) is -0.684. The number of amides is 1. The van der Waals surface area contributed by atoms with E-state index in [4.69, 9.17) is 16.3 Å². The summed E-state index contributed by atoms with van der Waals surface area (Å²) in [5.41, 5.74) is 0.193. The molecule has 0 aliphatic rings. The van der Waals surface area contributed by atoms with Gasteiger partial charge in [-0.1, -0.05) is 23.7 Å². The number of hydrogen-bond acceptors (Lipinski definition) is 3. The molecule has 6 heteroatoms. The first-order valence-corrected chi connectivity index (χ1v) is 7.92. The van der Waals surface area contributed by atoms with Crippen molar-refractivity contribution in [2.24, 2.45) is 0 Å². The fourth-order valence-electron chi connectivity index (χ4n) is 2.06. The first-order valence-electron chi connectivity index (χ1n) is 7.54. The molecule has 2 aromatic carbocycles. The van der Waals surface area contributed by atoms with Crippen LogP contribution in [0.1, 0.15) is 19.4 Å². The van der Waals surface area contributed by atoms with Crippen LogP contribution in [0.25, 0.3) is 6.08 Å². The Bertz CT molecular complexity index is 836. The molecule has 0 aromatic heterocycles. The average Bonchev–Trinajstić information content (AvgIpc) is 2.54. The first-order chi connectivity index (χ1) is 11.9. The molecule has 0 unspecified atom stereocenters. The van der Waals surface area contributed by atoms with Gasteiger partial charge in [-0.3, -0.25) is 4.79 Å². The number of nitriles is 1. The largest absolute Gasteiger partial charge is 0.491 e. The maximum Gasteiger partial charge on any atom is 0.266 e. The summed E-state index contributed by atoms with van der Waals surface area (Å²) in [7, 11) is 0. The maximum atomic E-state index is 13.8. The van der Waals surface area contributed by atoms with Crippen molar-refractivity contribution in [1.29, 1.82) is 5.26 Å². The molecule has 0 heterocycles. The standard InChI is InChI=1S/C19H16ClFN2O2/c1-12(2)25-15-6-3-5-14(10-15)23-19(24)13(11-22)9-16-17(20)7-4-8-18(16)21/h3-10,12H,1-2H3,(H,23,24)/b13-9-. The van der Waals surface area contributed by atoms with E-state index in [1.165, 1.54) is 18.2 Å². The van der Waals surface area contributed by atoms with E-state index in [0.717, 1.165) is 6.08 Å². The zero-order chi connectivity index (χ0) is 18.4. The quantitative estimate of drug-likeness (QED) is 0.616. The van der Waals surface area contributed by atoms with Crippen molar-refractivity contribution in [3.8, 4) is 11.8 Å². The zero-order valence-electron chi connectivity index (χ0n) is 13.7. The van der Waals surface area contributed by atoms with Crippen molar-refractivity contribution in [3.05, 3.63) is 64.4 Å². The summed E-state index contributed by atoms with van der Waals surface area (Å²) < 4.78 is 19.4. The Labute approximate surface area is 150 Å². The van der Waals surface area contributed by atoms with Gasteiger partial charge in [0.2, 0.25) is 0 Å². The second-order valence-electron chi connectivity index (χ2n) is 5.45. The van der Waals surface area contributed by atoms with Crippen LogP contribution in [0.4, 0.5) is 10.1 Å². The minimum Gasteiger partial charge on any atom is -0.491 e. The molecule has 4 nitrogen and oxygen atoms in total. The molecule has 25 heavy (non-hydrogen) atoms. The van der Waals surface area contributed by atoms with Crippen LogP contribution < -0.4 is 10.1 Å². The molecule has 0 saturated heterocycles. The fourth-order valence-corrected chi connectivity index (χ4v) is 2.28. The third-order valence-electron chi connectivity index (χ3n) is 3.12. The molecule has 0 atom stereocenters. The topological polar surface area (TPSA) is 62.1 Å². The minimum absolute atomic E-state index is 0.00671. The minimum atomic E-state index is -0.663. The van der Waals surface area contributed by atoms with E-state index in [0.29, 0.717) is 11.4 Å². The summed E-state index contributed by atoms with van der Waals surface area (Å²) >= 11 is 5.92. The van der Waals surface area contributed by atoms with Crippen LogP contribution in [0.5, 0.6) is 5.75 Å². The molecule has 1 amide bonds. The predicted octanol–water partition coefficient (Wildman–Crippen LogP) is 4.81. The van der Waals surface area contributed by atoms with Crippen molar-refractivity contribution < 1.29 is 13.9 Å². The number of rotatable bonds is 5. The Morgan fingerprint density at radius 3 is 2.68 bits per heavy atom. The second-order valence-corrected chi connectivity index (χ2v) is 5.86. The molecule has 0 saturated carbocycles. The summed E-state index contributed by atoms with van der Waals surface area (Å²) in [4.78, 5) is 12.3. The molecule has 0 aliphatic heterocycles. The Hall–Kier alpha value is -2.84. The van der Waals surface area contributed by atoms with Crippen molar-refractivity contribution in [1.82, 2.24) is 0 Å². The fraction of sp³-hybridized carbons (Fsp3) is 0.158. The molecule has 0 aliphatic carbocycles. The van der Waals surface area contributed by atoms with Crippen LogP contribution in [0.15, 0.2) is 48.0 Å². The molecule has 128 valence electrons.